The van der Waals surface area contributed by atoms with Gasteiger partial charge in [0.25, 0.3) is 0 Å². The van der Waals surface area contributed by atoms with E-state index in [9.17, 15) is 0 Å². The van der Waals surface area contributed by atoms with E-state index in [0.717, 1.165) is 27.3 Å². The highest BCUT2D eigenvalue weighted by Crippen LogP contribution is 2.34. The molecule has 0 aliphatic carbocycles. The summed E-state index contributed by atoms with van der Waals surface area (Å²) in [5.74, 6) is 0. The molecule has 0 amide bonds. The molecule has 3 rings (SSSR count). The van der Waals surface area contributed by atoms with Crippen LogP contribution in [0.4, 0.5) is 5.69 Å². The molecule has 0 spiro atoms. The summed E-state index contributed by atoms with van der Waals surface area (Å²) in [6, 6.07) is 10.4. The molecular formula is C16H16N2S. The van der Waals surface area contributed by atoms with E-state index >= 15 is 0 Å². The smallest absolute Gasteiger partial charge is 0.124 e. The molecule has 2 nitrogen and oxygen atoms in total. The molecule has 19 heavy (non-hydrogen) atoms. The fourth-order valence-corrected chi connectivity index (χ4v) is 3.30. The Morgan fingerprint density at radius 3 is 2.37 bits per heavy atom. The van der Waals surface area contributed by atoms with Crippen LogP contribution in [0.25, 0.3) is 20.8 Å². The maximum Gasteiger partial charge on any atom is 0.124 e. The highest BCUT2D eigenvalue weighted by Gasteiger charge is 2.10. The minimum absolute atomic E-state index is 0.831. The Labute approximate surface area is 116 Å². The Balaban J connectivity index is 2.23. The van der Waals surface area contributed by atoms with Crippen LogP contribution in [-0.2, 0) is 0 Å². The molecule has 0 aliphatic rings. The zero-order chi connectivity index (χ0) is 13.6. The average Bonchev–Trinajstić information content (AvgIpc) is 2.83. The second-order valence-electron chi connectivity index (χ2n) is 4.97. The quantitative estimate of drug-likeness (QED) is 0.661. The summed E-state index contributed by atoms with van der Waals surface area (Å²) in [7, 11) is 0. The SMILES string of the molecule is Cc1cc(-c2nc3c(C)ccc(C)c3s2)ccc1N. The van der Waals surface area contributed by atoms with Crippen molar-refractivity contribution in [1.82, 2.24) is 4.98 Å². The first-order valence-electron chi connectivity index (χ1n) is 6.29. The van der Waals surface area contributed by atoms with Crippen molar-refractivity contribution in [1.29, 1.82) is 0 Å². The Kier molecular flexibility index (Phi) is 2.79. The Morgan fingerprint density at radius 2 is 1.68 bits per heavy atom. The molecule has 0 saturated carbocycles. The number of anilines is 1. The van der Waals surface area contributed by atoms with Crippen molar-refractivity contribution < 1.29 is 0 Å². The molecule has 0 bridgehead atoms. The van der Waals surface area contributed by atoms with Crippen molar-refractivity contribution >= 4 is 27.2 Å². The second kappa shape index (κ2) is 4.35. The highest BCUT2D eigenvalue weighted by molar-refractivity contribution is 7.21. The number of aryl methyl sites for hydroxylation is 3. The predicted octanol–water partition coefficient (Wildman–Crippen LogP) is 4.47. The number of nitrogen functional groups attached to an aromatic ring is 1. The van der Waals surface area contributed by atoms with Gasteiger partial charge in [-0.3, -0.25) is 0 Å². The monoisotopic (exact) mass is 268 g/mol. The average molecular weight is 268 g/mol. The van der Waals surface area contributed by atoms with Crippen LogP contribution in [0.1, 0.15) is 16.7 Å². The van der Waals surface area contributed by atoms with Gasteiger partial charge < -0.3 is 5.73 Å². The van der Waals surface area contributed by atoms with Crippen LogP contribution in [0.2, 0.25) is 0 Å². The molecule has 0 aliphatic heterocycles. The van der Waals surface area contributed by atoms with E-state index < -0.39 is 0 Å². The van der Waals surface area contributed by atoms with Gasteiger partial charge in [-0.05, 0) is 55.7 Å². The molecule has 2 N–H and O–H groups in total. The fraction of sp³-hybridized carbons (Fsp3) is 0.188. The van der Waals surface area contributed by atoms with E-state index in [4.69, 9.17) is 10.7 Å². The van der Waals surface area contributed by atoms with Gasteiger partial charge in [0.05, 0.1) is 10.2 Å². The van der Waals surface area contributed by atoms with Gasteiger partial charge in [-0.15, -0.1) is 11.3 Å². The molecule has 0 saturated heterocycles. The van der Waals surface area contributed by atoms with E-state index in [-0.39, 0.29) is 0 Å². The van der Waals surface area contributed by atoms with Crippen LogP contribution in [0.5, 0.6) is 0 Å². The summed E-state index contributed by atoms with van der Waals surface area (Å²) < 4.78 is 1.28. The van der Waals surface area contributed by atoms with Crippen LogP contribution in [0.15, 0.2) is 30.3 Å². The summed E-state index contributed by atoms with van der Waals surface area (Å²) in [5, 5.41) is 1.07. The number of hydrogen-bond acceptors (Lipinski definition) is 3. The van der Waals surface area contributed by atoms with Gasteiger partial charge in [-0.2, -0.15) is 0 Å². The minimum Gasteiger partial charge on any atom is -0.399 e. The first-order valence-corrected chi connectivity index (χ1v) is 7.11. The number of fused-ring (bicyclic) bond motifs is 1. The number of benzene rings is 2. The summed E-state index contributed by atoms with van der Waals surface area (Å²) in [6.07, 6.45) is 0. The maximum atomic E-state index is 5.87. The predicted molar refractivity (Wildman–Crippen MR) is 83.7 cm³/mol. The van der Waals surface area contributed by atoms with Crippen molar-refractivity contribution in [3.8, 4) is 10.6 Å². The van der Waals surface area contributed by atoms with Crippen LogP contribution in [-0.4, -0.2) is 4.98 Å². The number of thiazole rings is 1. The van der Waals surface area contributed by atoms with E-state index in [2.05, 4.69) is 32.0 Å². The lowest BCUT2D eigenvalue weighted by molar-refractivity contribution is 1.39. The van der Waals surface area contributed by atoms with Crippen LogP contribution < -0.4 is 5.73 Å². The first kappa shape index (κ1) is 12.2. The summed E-state index contributed by atoms with van der Waals surface area (Å²) >= 11 is 1.75. The minimum atomic E-state index is 0.831. The fourth-order valence-electron chi connectivity index (χ4n) is 2.19. The third-order valence-electron chi connectivity index (χ3n) is 3.46. The third kappa shape index (κ3) is 2.00. The first-order chi connectivity index (χ1) is 9.06. The standard InChI is InChI=1S/C16H16N2S/c1-9-4-5-10(2)15-14(9)18-16(19-15)12-6-7-13(17)11(3)8-12/h4-8H,17H2,1-3H3. The number of hydrogen-bond donors (Lipinski definition) is 1. The lowest BCUT2D eigenvalue weighted by atomic mass is 10.1. The van der Waals surface area contributed by atoms with Crippen molar-refractivity contribution in [2.75, 3.05) is 5.73 Å². The zero-order valence-electron chi connectivity index (χ0n) is 11.3. The molecule has 96 valence electrons. The summed E-state index contributed by atoms with van der Waals surface area (Å²) in [6.45, 7) is 6.28. The summed E-state index contributed by atoms with van der Waals surface area (Å²) in [5.41, 5.74) is 12.6. The van der Waals surface area contributed by atoms with Crippen LogP contribution in [0.3, 0.4) is 0 Å². The highest BCUT2D eigenvalue weighted by atomic mass is 32.1. The zero-order valence-corrected chi connectivity index (χ0v) is 12.1. The van der Waals surface area contributed by atoms with Crippen molar-refractivity contribution in [2.45, 2.75) is 20.8 Å². The lowest BCUT2D eigenvalue weighted by Gasteiger charge is -2.01. The van der Waals surface area contributed by atoms with Gasteiger partial charge in [0.1, 0.15) is 5.01 Å². The van der Waals surface area contributed by atoms with E-state index in [1.165, 1.54) is 15.8 Å². The molecule has 1 aromatic heterocycles. The number of nitrogens with two attached hydrogens (primary N) is 1. The Bertz CT molecular complexity index is 733. The van der Waals surface area contributed by atoms with Gasteiger partial charge in [-0.25, -0.2) is 4.98 Å². The second-order valence-corrected chi connectivity index (χ2v) is 5.97. The Morgan fingerprint density at radius 1 is 0.947 bits per heavy atom. The Hall–Kier alpha value is -1.87. The number of aromatic nitrogens is 1. The lowest BCUT2D eigenvalue weighted by Crippen LogP contribution is -1.89. The van der Waals surface area contributed by atoms with Crippen LogP contribution in [0, 0.1) is 20.8 Å². The van der Waals surface area contributed by atoms with Crippen molar-refractivity contribution in [2.24, 2.45) is 0 Å². The third-order valence-corrected chi connectivity index (χ3v) is 4.70. The molecular weight excluding hydrogens is 252 g/mol. The van der Waals surface area contributed by atoms with Gasteiger partial charge in [0, 0.05) is 11.3 Å². The van der Waals surface area contributed by atoms with E-state index in [1.807, 2.05) is 19.1 Å². The van der Waals surface area contributed by atoms with E-state index in [0.29, 0.717) is 0 Å². The van der Waals surface area contributed by atoms with Gasteiger partial charge in [0.15, 0.2) is 0 Å². The largest absolute Gasteiger partial charge is 0.399 e. The topological polar surface area (TPSA) is 38.9 Å². The maximum absolute atomic E-state index is 5.87. The van der Waals surface area contributed by atoms with Gasteiger partial charge in [-0.1, -0.05) is 12.1 Å². The van der Waals surface area contributed by atoms with Crippen molar-refractivity contribution in [3.63, 3.8) is 0 Å². The summed E-state index contributed by atoms with van der Waals surface area (Å²) in [4.78, 5) is 4.79. The van der Waals surface area contributed by atoms with Gasteiger partial charge >= 0.3 is 0 Å². The van der Waals surface area contributed by atoms with E-state index in [1.54, 1.807) is 11.3 Å². The molecule has 2 aromatic carbocycles. The number of rotatable bonds is 1. The molecule has 0 fully saturated rings. The normalized spacial score (nSPS) is 11.1. The molecule has 3 heteroatoms. The molecule has 3 aromatic rings. The molecule has 0 unspecified atom stereocenters. The molecule has 0 radical (unpaired) electrons. The van der Waals surface area contributed by atoms with Crippen molar-refractivity contribution in [3.05, 3.63) is 47.0 Å². The van der Waals surface area contributed by atoms with Crippen LogP contribution >= 0.6 is 11.3 Å². The van der Waals surface area contributed by atoms with Gasteiger partial charge in [0.2, 0.25) is 0 Å². The number of nitrogens with zero attached hydrogens (tertiary/aromatic N) is 1. The molecule has 0 atom stereocenters. The molecule has 1 heterocycles.